The van der Waals surface area contributed by atoms with Crippen LogP contribution in [0.15, 0.2) is 0 Å². The third-order valence-corrected chi connectivity index (χ3v) is 3.68. The normalized spacial score (nSPS) is 28.5. The Morgan fingerprint density at radius 2 is 2.18 bits per heavy atom. The SMILES string of the molecule is COCC(C)NC(=O)C(C)C1CCCC(N)C1. The first-order valence-corrected chi connectivity index (χ1v) is 6.59. The predicted molar refractivity (Wildman–Crippen MR) is 68.6 cm³/mol. The van der Waals surface area contributed by atoms with E-state index >= 15 is 0 Å². The van der Waals surface area contributed by atoms with E-state index in [0.29, 0.717) is 12.5 Å². The maximum atomic E-state index is 12.0. The molecule has 0 aliphatic heterocycles. The van der Waals surface area contributed by atoms with Crippen molar-refractivity contribution in [2.45, 2.75) is 51.6 Å². The first-order valence-electron chi connectivity index (χ1n) is 6.59. The van der Waals surface area contributed by atoms with Crippen molar-refractivity contribution in [2.75, 3.05) is 13.7 Å². The van der Waals surface area contributed by atoms with E-state index in [9.17, 15) is 4.79 Å². The van der Waals surface area contributed by atoms with E-state index in [-0.39, 0.29) is 23.9 Å². The summed E-state index contributed by atoms with van der Waals surface area (Å²) in [7, 11) is 1.65. The average Bonchev–Trinajstić information content (AvgIpc) is 2.28. The zero-order chi connectivity index (χ0) is 12.8. The summed E-state index contributed by atoms with van der Waals surface area (Å²) in [5.74, 6) is 0.628. The van der Waals surface area contributed by atoms with Gasteiger partial charge in [-0.3, -0.25) is 4.79 Å². The lowest BCUT2D eigenvalue weighted by molar-refractivity contribution is -0.127. The van der Waals surface area contributed by atoms with Gasteiger partial charge in [0.2, 0.25) is 5.91 Å². The Labute approximate surface area is 104 Å². The molecule has 0 heterocycles. The number of carbonyl (C=O) groups is 1. The molecule has 1 aliphatic rings. The van der Waals surface area contributed by atoms with E-state index in [1.54, 1.807) is 7.11 Å². The molecule has 0 spiro atoms. The van der Waals surface area contributed by atoms with Crippen LogP contribution in [-0.4, -0.2) is 31.7 Å². The van der Waals surface area contributed by atoms with Crippen LogP contribution in [-0.2, 0) is 9.53 Å². The molecule has 0 aromatic carbocycles. The monoisotopic (exact) mass is 242 g/mol. The molecule has 4 atom stereocenters. The molecule has 0 aromatic rings. The van der Waals surface area contributed by atoms with Gasteiger partial charge in [0, 0.05) is 25.1 Å². The molecule has 1 saturated carbocycles. The average molecular weight is 242 g/mol. The van der Waals surface area contributed by atoms with Gasteiger partial charge in [0.25, 0.3) is 0 Å². The van der Waals surface area contributed by atoms with Gasteiger partial charge in [0.15, 0.2) is 0 Å². The van der Waals surface area contributed by atoms with Crippen molar-refractivity contribution in [1.29, 1.82) is 0 Å². The van der Waals surface area contributed by atoms with Crippen LogP contribution >= 0.6 is 0 Å². The van der Waals surface area contributed by atoms with Crippen LogP contribution < -0.4 is 11.1 Å². The molecule has 0 aromatic heterocycles. The summed E-state index contributed by atoms with van der Waals surface area (Å²) >= 11 is 0. The van der Waals surface area contributed by atoms with Crippen molar-refractivity contribution < 1.29 is 9.53 Å². The lowest BCUT2D eigenvalue weighted by Gasteiger charge is -2.31. The topological polar surface area (TPSA) is 64.3 Å². The van der Waals surface area contributed by atoms with E-state index < -0.39 is 0 Å². The van der Waals surface area contributed by atoms with Crippen LogP contribution in [0.1, 0.15) is 39.5 Å². The molecule has 4 nitrogen and oxygen atoms in total. The smallest absolute Gasteiger partial charge is 0.223 e. The van der Waals surface area contributed by atoms with Gasteiger partial charge < -0.3 is 15.8 Å². The summed E-state index contributed by atoms with van der Waals surface area (Å²) in [6, 6.07) is 0.354. The van der Waals surface area contributed by atoms with Crippen LogP contribution in [0, 0.1) is 11.8 Å². The Morgan fingerprint density at radius 3 is 2.76 bits per heavy atom. The summed E-state index contributed by atoms with van der Waals surface area (Å²) in [5.41, 5.74) is 5.96. The Hall–Kier alpha value is -0.610. The lowest BCUT2D eigenvalue weighted by Crippen LogP contribution is -2.42. The van der Waals surface area contributed by atoms with E-state index in [1.165, 1.54) is 0 Å². The van der Waals surface area contributed by atoms with Crippen molar-refractivity contribution in [1.82, 2.24) is 5.32 Å². The molecular formula is C13H26N2O2. The molecule has 100 valence electrons. The zero-order valence-corrected chi connectivity index (χ0v) is 11.2. The van der Waals surface area contributed by atoms with Crippen LogP contribution in [0.4, 0.5) is 0 Å². The second-order valence-electron chi connectivity index (χ2n) is 5.34. The highest BCUT2D eigenvalue weighted by atomic mass is 16.5. The predicted octanol–water partition coefficient (Wildman–Crippen LogP) is 1.29. The van der Waals surface area contributed by atoms with Crippen LogP contribution in [0.5, 0.6) is 0 Å². The van der Waals surface area contributed by atoms with Gasteiger partial charge in [-0.05, 0) is 32.1 Å². The molecule has 0 radical (unpaired) electrons. The molecule has 4 heteroatoms. The highest BCUT2D eigenvalue weighted by Gasteiger charge is 2.28. The van der Waals surface area contributed by atoms with Gasteiger partial charge in [-0.25, -0.2) is 0 Å². The minimum atomic E-state index is 0.0562. The highest BCUT2D eigenvalue weighted by molar-refractivity contribution is 5.78. The van der Waals surface area contributed by atoms with Crippen LogP contribution in [0.3, 0.4) is 0 Å². The first kappa shape index (κ1) is 14.5. The van der Waals surface area contributed by atoms with Gasteiger partial charge in [-0.1, -0.05) is 13.3 Å². The van der Waals surface area contributed by atoms with Gasteiger partial charge in [0.05, 0.1) is 6.61 Å². The van der Waals surface area contributed by atoms with Crippen molar-refractivity contribution in [3.05, 3.63) is 0 Å². The number of rotatable bonds is 5. The Morgan fingerprint density at radius 1 is 1.47 bits per heavy atom. The Kier molecular flexibility index (Phi) is 5.92. The number of hydrogen-bond acceptors (Lipinski definition) is 3. The van der Waals surface area contributed by atoms with Crippen molar-refractivity contribution in [2.24, 2.45) is 17.6 Å². The molecule has 1 aliphatic carbocycles. The number of ether oxygens (including phenoxy) is 1. The summed E-state index contributed by atoms with van der Waals surface area (Å²) in [5, 5.41) is 2.99. The third kappa shape index (κ3) is 4.64. The summed E-state index contributed by atoms with van der Waals surface area (Å²) < 4.78 is 5.01. The molecule has 3 N–H and O–H groups in total. The molecule has 0 bridgehead atoms. The maximum absolute atomic E-state index is 12.0. The number of nitrogens with two attached hydrogens (primary N) is 1. The standard InChI is InChI=1S/C13H26N2O2/c1-9(8-17-3)15-13(16)10(2)11-5-4-6-12(14)7-11/h9-12H,4-8,14H2,1-3H3,(H,15,16). The number of nitrogens with one attached hydrogen (secondary N) is 1. The molecule has 17 heavy (non-hydrogen) atoms. The van der Waals surface area contributed by atoms with Gasteiger partial charge in [-0.15, -0.1) is 0 Å². The fourth-order valence-corrected chi connectivity index (χ4v) is 2.60. The fourth-order valence-electron chi connectivity index (χ4n) is 2.60. The van der Waals surface area contributed by atoms with Crippen LogP contribution in [0.25, 0.3) is 0 Å². The van der Waals surface area contributed by atoms with E-state index in [1.807, 2.05) is 13.8 Å². The molecular weight excluding hydrogens is 216 g/mol. The minimum absolute atomic E-state index is 0.0562. The van der Waals surface area contributed by atoms with Gasteiger partial charge >= 0.3 is 0 Å². The molecule has 4 unspecified atom stereocenters. The summed E-state index contributed by atoms with van der Waals surface area (Å²) in [4.78, 5) is 12.0. The number of hydrogen-bond donors (Lipinski definition) is 2. The first-order chi connectivity index (χ1) is 8.04. The second kappa shape index (κ2) is 6.97. The van der Waals surface area contributed by atoms with Crippen molar-refractivity contribution in [3.63, 3.8) is 0 Å². The molecule has 1 rings (SSSR count). The van der Waals surface area contributed by atoms with Gasteiger partial charge in [0.1, 0.15) is 0 Å². The molecule has 1 fully saturated rings. The van der Waals surface area contributed by atoms with E-state index in [0.717, 1.165) is 25.7 Å². The minimum Gasteiger partial charge on any atom is -0.383 e. The molecule has 1 amide bonds. The van der Waals surface area contributed by atoms with E-state index in [2.05, 4.69) is 5.32 Å². The molecule has 0 saturated heterocycles. The number of carbonyl (C=O) groups excluding carboxylic acids is 1. The van der Waals surface area contributed by atoms with E-state index in [4.69, 9.17) is 10.5 Å². The van der Waals surface area contributed by atoms with Crippen LogP contribution in [0.2, 0.25) is 0 Å². The van der Waals surface area contributed by atoms with Crippen molar-refractivity contribution >= 4 is 5.91 Å². The quantitative estimate of drug-likeness (QED) is 0.763. The number of amides is 1. The Balaban J connectivity index is 2.39. The fraction of sp³-hybridized carbons (Fsp3) is 0.923. The largest absolute Gasteiger partial charge is 0.383 e. The highest BCUT2D eigenvalue weighted by Crippen LogP contribution is 2.29. The lowest BCUT2D eigenvalue weighted by atomic mass is 9.78. The Bertz CT molecular complexity index is 246. The number of methoxy groups -OCH3 is 1. The second-order valence-corrected chi connectivity index (χ2v) is 5.34. The van der Waals surface area contributed by atoms with Gasteiger partial charge in [-0.2, -0.15) is 0 Å². The summed E-state index contributed by atoms with van der Waals surface area (Å²) in [6.07, 6.45) is 4.36. The zero-order valence-electron chi connectivity index (χ0n) is 11.2. The summed E-state index contributed by atoms with van der Waals surface area (Å²) in [6.45, 7) is 4.53. The third-order valence-electron chi connectivity index (χ3n) is 3.68. The van der Waals surface area contributed by atoms with Crippen molar-refractivity contribution in [3.8, 4) is 0 Å². The maximum Gasteiger partial charge on any atom is 0.223 e.